The minimum atomic E-state index is -0.447. The molecule has 0 aliphatic carbocycles. The Hall–Kier alpha value is -1.58. The monoisotopic (exact) mass is 464 g/mol. The van der Waals surface area contributed by atoms with E-state index in [9.17, 15) is 4.79 Å². The minimum absolute atomic E-state index is 0.199. The van der Waals surface area contributed by atoms with Crippen molar-refractivity contribution in [2.45, 2.75) is 69.9 Å². The van der Waals surface area contributed by atoms with E-state index in [-0.39, 0.29) is 12.2 Å². The Balaban J connectivity index is 1.35. The summed E-state index contributed by atoms with van der Waals surface area (Å²) >= 11 is 3.47. The number of hydrogen-bond donors (Lipinski definition) is 0. The van der Waals surface area contributed by atoms with Gasteiger partial charge in [-0.3, -0.25) is 4.57 Å². The van der Waals surface area contributed by atoms with Crippen LogP contribution in [0.15, 0.2) is 22.7 Å². The van der Waals surface area contributed by atoms with Gasteiger partial charge in [-0.2, -0.15) is 0 Å². The summed E-state index contributed by atoms with van der Waals surface area (Å²) in [4.78, 5) is 15.3. The molecule has 4 rings (SSSR count). The van der Waals surface area contributed by atoms with Gasteiger partial charge in [0.2, 0.25) is 0 Å². The van der Waals surface area contributed by atoms with E-state index in [2.05, 4.69) is 32.3 Å². The number of ether oxygens (including phenoxy) is 2. The standard InChI is InChI=1S/C22H32N4O3S2/c1-22(2,3)29-21(27)25-10-8-16(9-11-25)15-31-20-24-23-19(18-7-5-13-30-18)26(20)14-17-6-4-12-28-17/h5,7,13,16-17H,4,6,8-12,14-15H2,1-3H3/t17-/m0/s1. The molecule has 0 unspecified atom stereocenters. The molecule has 0 aromatic carbocycles. The summed E-state index contributed by atoms with van der Waals surface area (Å²) in [6.45, 7) is 8.88. The van der Waals surface area contributed by atoms with Crippen LogP contribution in [0.2, 0.25) is 0 Å². The Morgan fingerprint density at radius 3 is 2.74 bits per heavy atom. The Kier molecular flexibility index (Phi) is 7.23. The summed E-state index contributed by atoms with van der Waals surface area (Å²) in [5.74, 6) is 2.48. The van der Waals surface area contributed by atoms with Crippen molar-refractivity contribution in [3.63, 3.8) is 0 Å². The van der Waals surface area contributed by atoms with Crippen LogP contribution in [0.25, 0.3) is 10.7 Å². The quantitative estimate of drug-likeness (QED) is 0.565. The van der Waals surface area contributed by atoms with Gasteiger partial charge in [-0.05, 0) is 63.8 Å². The van der Waals surface area contributed by atoms with Gasteiger partial charge in [0.15, 0.2) is 11.0 Å². The number of rotatable bonds is 6. The first-order valence-corrected chi connectivity index (χ1v) is 12.9. The number of carbonyl (C=O) groups excluding carboxylic acids is 1. The number of nitrogens with zero attached hydrogens (tertiary/aromatic N) is 4. The molecule has 0 spiro atoms. The third-order valence-corrected chi connectivity index (χ3v) is 7.65. The van der Waals surface area contributed by atoms with E-state index in [0.717, 1.165) is 73.5 Å². The molecule has 2 aromatic rings. The summed E-state index contributed by atoms with van der Waals surface area (Å²) < 4.78 is 13.6. The second-order valence-electron chi connectivity index (χ2n) is 9.25. The molecular weight excluding hydrogens is 432 g/mol. The van der Waals surface area contributed by atoms with Gasteiger partial charge in [0.25, 0.3) is 0 Å². The molecule has 170 valence electrons. The summed E-state index contributed by atoms with van der Waals surface area (Å²) in [6, 6.07) is 4.15. The first-order valence-electron chi connectivity index (χ1n) is 11.1. The number of carbonyl (C=O) groups is 1. The Morgan fingerprint density at radius 1 is 1.29 bits per heavy atom. The SMILES string of the molecule is CC(C)(C)OC(=O)N1CCC(CSc2nnc(-c3cccs3)n2C[C@@H]2CCCO2)CC1. The first-order chi connectivity index (χ1) is 14.9. The summed E-state index contributed by atoms with van der Waals surface area (Å²) in [6.07, 6.45) is 4.24. The van der Waals surface area contributed by atoms with Crippen molar-refractivity contribution >= 4 is 29.2 Å². The lowest BCUT2D eigenvalue weighted by Gasteiger charge is -2.33. The predicted molar refractivity (Wildman–Crippen MR) is 124 cm³/mol. The molecule has 0 saturated carbocycles. The van der Waals surface area contributed by atoms with Crippen LogP contribution < -0.4 is 0 Å². The highest BCUT2D eigenvalue weighted by molar-refractivity contribution is 7.99. The molecule has 9 heteroatoms. The highest BCUT2D eigenvalue weighted by Gasteiger charge is 2.28. The van der Waals surface area contributed by atoms with Crippen molar-refractivity contribution in [2.75, 3.05) is 25.4 Å². The molecule has 4 heterocycles. The van der Waals surface area contributed by atoms with Crippen molar-refractivity contribution in [1.82, 2.24) is 19.7 Å². The normalized spacial score (nSPS) is 20.4. The van der Waals surface area contributed by atoms with E-state index in [0.29, 0.717) is 5.92 Å². The van der Waals surface area contributed by atoms with Crippen LogP contribution >= 0.6 is 23.1 Å². The highest BCUT2D eigenvalue weighted by Crippen LogP contribution is 2.31. The number of thiophene rings is 1. The number of piperidine rings is 1. The van der Waals surface area contributed by atoms with Gasteiger partial charge in [0, 0.05) is 25.4 Å². The zero-order chi connectivity index (χ0) is 21.8. The lowest BCUT2D eigenvalue weighted by Crippen LogP contribution is -2.42. The Morgan fingerprint density at radius 2 is 2.10 bits per heavy atom. The van der Waals surface area contributed by atoms with Crippen LogP contribution in [0.4, 0.5) is 4.79 Å². The molecule has 2 aliphatic heterocycles. The highest BCUT2D eigenvalue weighted by atomic mass is 32.2. The fourth-order valence-corrected chi connectivity index (χ4v) is 5.79. The number of aromatic nitrogens is 3. The van der Waals surface area contributed by atoms with Crippen LogP contribution in [-0.2, 0) is 16.0 Å². The maximum atomic E-state index is 12.3. The van der Waals surface area contributed by atoms with Crippen molar-refractivity contribution in [3.8, 4) is 10.7 Å². The van der Waals surface area contributed by atoms with E-state index < -0.39 is 5.60 Å². The van der Waals surface area contributed by atoms with E-state index in [1.807, 2.05) is 25.7 Å². The number of amides is 1. The van der Waals surface area contributed by atoms with Crippen LogP contribution in [-0.4, -0.2) is 62.9 Å². The third-order valence-electron chi connectivity index (χ3n) is 5.58. The van der Waals surface area contributed by atoms with Crippen molar-refractivity contribution in [2.24, 2.45) is 5.92 Å². The van der Waals surface area contributed by atoms with Gasteiger partial charge in [-0.1, -0.05) is 17.8 Å². The molecular formula is C22H32N4O3S2. The smallest absolute Gasteiger partial charge is 0.410 e. The fraction of sp³-hybridized carbons (Fsp3) is 0.682. The second kappa shape index (κ2) is 9.92. The van der Waals surface area contributed by atoms with E-state index in [1.165, 1.54) is 0 Å². The van der Waals surface area contributed by atoms with Gasteiger partial charge in [0.1, 0.15) is 5.60 Å². The molecule has 2 aromatic heterocycles. The Bertz CT molecular complexity index is 849. The van der Waals surface area contributed by atoms with Crippen molar-refractivity contribution in [1.29, 1.82) is 0 Å². The molecule has 2 saturated heterocycles. The number of likely N-dealkylation sites (tertiary alicyclic amines) is 1. The van der Waals surface area contributed by atoms with Crippen LogP contribution in [0, 0.1) is 5.92 Å². The maximum absolute atomic E-state index is 12.3. The summed E-state index contributed by atoms with van der Waals surface area (Å²) in [5, 5.41) is 12.1. The second-order valence-corrected chi connectivity index (χ2v) is 11.2. The number of hydrogen-bond acceptors (Lipinski definition) is 7. The zero-order valence-electron chi connectivity index (χ0n) is 18.6. The maximum Gasteiger partial charge on any atom is 0.410 e. The average molecular weight is 465 g/mol. The van der Waals surface area contributed by atoms with E-state index in [4.69, 9.17) is 9.47 Å². The van der Waals surface area contributed by atoms with Gasteiger partial charge in [0.05, 0.1) is 17.5 Å². The van der Waals surface area contributed by atoms with Gasteiger partial charge in [-0.25, -0.2) is 4.79 Å². The molecule has 0 bridgehead atoms. The van der Waals surface area contributed by atoms with Crippen LogP contribution in [0.5, 0.6) is 0 Å². The van der Waals surface area contributed by atoms with Gasteiger partial charge < -0.3 is 14.4 Å². The molecule has 2 aliphatic rings. The lowest BCUT2D eigenvalue weighted by molar-refractivity contribution is 0.0191. The summed E-state index contributed by atoms with van der Waals surface area (Å²) in [5.41, 5.74) is -0.447. The third kappa shape index (κ3) is 6.02. The van der Waals surface area contributed by atoms with Crippen molar-refractivity contribution < 1.29 is 14.3 Å². The topological polar surface area (TPSA) is 69.5 Å². The van der Waals surface area contributed by atoms with Gasteiger partial charge >= 0.3 is 6.09 Å². The molecule has 0 radical (unpaired) electrons. The first kappa shape index (κ1) is 22.6. The van der Waals surface area contributed by atoms with Gasteiger partial charge in [-0.15, -0.1) is 21.5 Å². The predicted octanol–water partition coefficient (Wildman–Crippen LogP) is 4.92. The van der Waals surface area contributed by atoms with Crippen LogP contribution in [0.1, 0.15) is 46.5 Å². The molecule has 2 fully saturated rings. The molecule has 7 nitrogen and oxygen atoms in total. The lowest BCUT2D eigenvalue weighted by atomic mass is 9.99. The molecule has 0 N–H and O–H groups in total. The van der Waals surface area contributed by atoms with Crippen molar-refractivity contribution in [3.05, 3.63) is 17.5 Å². The summed E-state index contributed by atoms with van der Waals surface area (Å²) in [7, 11) is 0. The number of thioether (sulfide) groups is 1. The van der Waals surface area contributed by atoms with E-state index in [1.54, 1.807) is 23.1 Å². The largest absolute Gasteiger partial charge is 0.444 e. The average Bonchev–Trinajstić information content (AvgIpc) is 3.48. The fourth-order valence-electron chi connectivity index (χ4n) is 3.94. The van der Waals surface area contributed by atoms with E-state index >= 15 is 0 Å². The van der Waals surface area contributed by atoms with Crippen LogP contribution in [0.3, 0.4) is 0 Å². The zero-order valence-corrected chi connectivity index (χ0v) is 20.2. The molecule has 31 heavy (non-hydrogen) atoms. The Labute approximate surface area is 192 Å². The molecule has 1 amide bonds. The molecule has 1 atom stereocenters. The minimum Gasteiger partial charge on any atom is -0.444 e.